The van der Waals surface area contributed by atoms with Crippen LogP contribution in [0.5, 0.6) is 0 Å². The van der Waals surface area contributed by atoms with Crippen LogP contribution < -0.4 is 4.90 Å². The van der Waals surface area contributed by atoms with Crippen LogP contribution in [-0.4, -0.2) is 83.5 Å². The maximum Gasteiger partial charge on any atom is 0.222 e. The number of nitrogens with zero attached hydrogens (tertiary/aromatic N) is 5. The highest BCUT2D eigenvalue weighted by atomic mass is 16.2. The number of amides is 1. The second kappa shape index (κ2) is 11.5. The molecule has 0 bridgehead atoms. The van der Waals surface area contributed by atoms with Crippen molar-refractivity contribution in [2.45, 2.75) is 63.6 Å². The van der Waals surface area contributed by atoms with Crippen LogP contribution in [-0.2, 0) is 11.3 Å². The zero-order valence-corrected chi connectivity index (χ0v) is 22.3. The summed E-state index contributed by atoms with van der Waals surface area (Å²) in [5, 5.41) is 0. The van der Waals surface area contributed by atoms with Gasteiger partial charge < -0.3 is 9.80 Å². The third-order valence-electron chi connectivity index (χ3n) is 9.50. The molecule has 0 saturated carbocycles. The van der Waals surface area contributed by atoms with E-state index in [1.807, 2.05) is 18.3 Å². The highest BCUT2D eigenvalue weighted by Crippen LogP contribution is 2.43. The fourth-order valence-electron chi connectivity index (χ4n) is 7.83. The fraction of sp³-hybridized carbons (Fsp3) is 0.613. The number of pyridine rings is 1. The number of rotatable bonds is 7. The van der Waals surface area contributed by atoms with E-state index in [2.05, 4.69) is 61.0 Å². The van der Waals surface area contributed by atoms with E-state index in [1.165, 1.54) is 50.9 Å². The van der Waals surface area contributed by atoms with Crippen molar-refractivity contribution in [1.29, 1.82) is 0 Å². The number of carbonyl (C=O) groups excluding carboxylic acids is 1. The van der Waals surface area contributed by atoms with Gasteiger partial charge in [0.25, 0.3) is 0 Å². The molecule has 4 saturated heterocycles. The molecule has 4 aliphatic rings. The Hall–Kier alpha value is -2.44. The first-order chi connectivity index (χ1) is 18.3. The highest BCUT2D eigenvalue weighted by Gasteiger charge is 2.48. The predicted molar refractivity (Wildman–Crippen MR) is 148 cm³/mol. The molecule has 4 atom stereocenters. The summed E-state index contributed by atoms with van der Waals surface area (Å²) in [6.07, 6.45) is 10.1. The van der Waals surface area contributed by atoms with Crippen LogP contribution in [0.25, 0.3) is 0 Å². The molecule has 6 rings (SSSR count). The summed E-state index contributed by atoms with van der Waals surface area (Å²) in [5.41, 5.74) is 1.43. The van der Waals surface area contributed by atoms with E-state index in [9.17, 15) is 4.79 Å². The third-order valence-corrected chi connectivity index (χ3v) is 9.50. The Morgan fingerprint density at radius 3 is 2.46 bits per heavy atom. The fourth-order valence-corrected chi connectivity index (χ4v) is 7.83. The van der Waals surface area contributed by atoms with E-state index in [1.54, 1.807) is 0 Å². The molecular weight excluding hydrogens is 458 g/mol. The quantitative estimate of drug-likeness (QED) is 0.567. The standard InChI is InChI=1S/C31H43N5O/c37-30(34-21-19-33(20-22-34)29-14-4-5-16-32-29)15-6-13-28-27-12-8-18-35-17-7-11-26(31(27)35)24-36(28)23-25-9-2-1-3-10-25/h1-5,9-10,14,16,26-28,31H,6-8,11-13,15,17-24H2/t26-,27+,28+,31-/m0/s1. The zero-order chi connectivity index (χ0) is 25.0. The number of hydrogen-bond donors (Lipinski definition) is 0. The van der Waals surface area contributed by atoms with E-state index < -0.39 is 0 Å². The Morgan fingerprint density at radius 1 is 0.892 bits per heavy atom. The lowest BCUT2D eigenvalue weighted by Crippen LogP contribution is -2.64. The Kier molecular flexibility index (Phi) is 7.75. The molecule has 0 aliphatic carbocycles. The van der Waals surface area contributed by atoms with Gasteiger partial charge in [-0.25, -0.2) is 4.98 Å². The number of anilines is 1. The summed E-state index contributed by atoms with van der Waals surface area (Å²) in [7, 11) is 0. The van der Waals surface area contributed by atoms with Crippen LogP contribution in [0.4, 0.5) is 5.82 Å². The molecule has 4 fully saturated rings. The molecule has 6 heteroatoms. The van der Waals surface area contributed by atoms with E-state index in [0.29, 0.717) is 18.4 Å². The first kappa shape index (κ1) is 24.9. The van der Waals surface area contributed by atoms with Gasteiger partial charge in [0.15, 0.2) is 0 Å². The molecule has 0 spiro atoms. The Labute approximate surface area is 222 Å². The summed E-state index contributed by atoms with van der Waals surface area (Å²) in [4.78, 5) is 27.7. The lowest BCUT2D eigenvalue weighted by molar-refractivity contribution is -0.131. The number of hydrogen-bond acceptors (Lipinski definition) is 5. The molecule has 1 aromatic heterocycles. The van der Waals surface area contributed by atoms with Crippen molar-refractivity contribution < 1.29 is 4.79 Å². The van der Waals surface area contributed by atoms with E-state index >= 15 is 0 Å². The molecular formula is C31H43N5O. The zero-order valence-electron chi connectivity index (χ0n) is 22.3. The highest BCUT2D eigenvalue weighted by molar-refractivity contribution is 5.76. The minimum absolute atomic E-state index is 0.340. The summed E-state index contributed by atoms with van der Waals surface area (Å²) in [6.45, 7) is 8.22. The number of benzene rings is 1. The van der Waals surface area contributed by atoms with Crippen LogP contribution in [0.2, 0.25) is 0 Å². The first-order valence-corrected chi connectivity index (χ1v) is 14.7. The number of carbonyl (C=O) groups is 1. The van der Waals surface area contributed by atoms with Crippen molar-refractivity contribution in [1.82, 2.24) is 19.7 Å². The SMILES string of the molecule is O=C(CCC[C@@H]1[C@H]2CCCN3CCC[C@@H](CN1Cc1ccccc1)[C@@H]23)N1CCN(c2ccccn2)CC1. The van der Waals surface area contributed by atoms with Gasteiger partial charge in [-0.1, -0.05) is 36.4 Å². The minimum Gasteiger partial charge on any atom is -0.353 e. The molecule has 0 unspecified atom stereocenters. The van der Waals surface area contributed by atoms with Gasteiger partial charge in [0, 0.05) is 64.0 Å². The molecule has 2 aromatic rings. The van der Waals surface area contributed by atoms with Crippen molar-refractivity contribution in [2.75, 3.05) is 50.7 Å². The van der Waals surface area contributed by atoms with Crippen molar-refractivity contribution in [3.8, 4) is 0 Å². The monoisotopic (exact) mass is 501 g/mol. The minimum atomic E-state index is 0.340. The van der Waals surface area contributed by atoms with E-state index in [0.717, 1.165) is 69.3 Å². The van der Waals surface area contributed by atoms with Crippen molar-refractivity contribution in [3.05, 3.63) is 60.3 Å². The Bertz CT molecular complexity index is 1010. The molecule has 0 N–H and O–H groups in total. The van der Waals surface area contributed by atoms with Gasteiger partial charge in [0.05, 0.1) is 0 Å². The second-order valence-electron chi connectivity index (χ2n) is 11.7. The Morgan fingerprint density at radius 2 is 1.68 bits per heavy atom. The predicted octanol–water partition coefficient (Wildman–Crippen LogP) is 4.28. The summed E-state index contributed by atoms with van der Waals surface area (Å²) in [6, 6.07) is 18.4. The molecule has 37 heavy (non-hydrogen) atoms. The molecule has 1 amide bonds. The number of piperazine rings is 1. The van der Waals surface area contributed by atoms with Gasteiger partial charge in [-0.2, -0.15) is 0 Å². The van der Waals surface area contributed by atoms with Gasteiger partial charge in [-0.15, -0.1) is 0 Å². The second-order valence-corrected chi connectivity index (χ2v) is 11.7. The summed E-state index contributed by atoms with van der Waals surface area (Å²) in [5.74, 6) is 2.93. The molecule has 198 valence electrons. The average Bonchev–Trinajstić information content (AvgIpc) is 2.96. The maximum absolute atomic E-state index is 13.2. The maximum atomic E-state index is 13.2. The van der Waals surface area contributed by atoms with Crippen LogP contribution in [0, 0.1) is 11.8 Å². The van der Waals surface area contributed by atoms with Crippen molar-refractivity contribution in [2.24, 2.45) is 11.8 Å². The van der Waals surface area contributed by atoms with Gasteiger partial charge in [-0.3, -0.25) is 14.6 Å². The van der Waals surface area contributed by atoms with Crippen molar-refractivity contribution in [3.63, 3.8) is 0 Å². The molecule has 5 heterocycles. The smallest absolute Gasteiger partial charge is 0.222 e. The number of likely N-dealkylation sites (tertiary alicyclic amines) is 1. The van der Waals surface area contributed by atoms with Crippen LogP contribution >= 0.6 is 0 Å². The third kappa shape index (κ3) is 5.56. The van der Waals surface area contributed by atoms with Gasteiger partial charge >= 0.3 is 0 Å². The number of aromatic nitrogens is 1. The van der Waals surface area contributed by atoms with Crippen molar-refractivity contribution >= 4 is 11.7 Å². The number of piperidine rings is 3. The average molecular weight is 502 g/mol. The molecule has 6 nitrogen and oxygen atoms in total. The van der Waals surface area contributed by atoms with E-state index in [4.69, 9.17) is 0 Å². The van der Waals surface area contributed by atoms with Gasteiger partial charge in [0.2, 0.25) is 5.91 Å². The van der Waals surface area contributed by atoms with Crippen LogP contribution in [0.1, 0.15) is 50.5 Å². The van der Waals surface area contributed by atoms with Crippen LogP contribution in [0.15, 0.2) is 54.7 Å². The molecule has 1 aromatic carbocycles. The lowest BCUT2D eigenvalue weighted by Gasteiger charge is -2.57. The van der Waals surface area contributed by atoms with E-state index in [-0.39, 0.29) is 0 Å². The largest absolute Gasteiger partial charge is 0.353 e. The molecule has 0 radical (unpaired) electrons. The normalized spacial score (nSPS) is 28.6. The Balaban J connectivity index is 1.07. The topological polar surface area (TPSA) is 42.9 Å². The summed E-state index contributed by atoms with van der Waals surface area (Å²) >= 11 is 0. The lowest BCUT2D eigenvalue weighted by atomic mass is 9.69. The summed E-state index contributed by atoms with van der Waals surface area (Å²) < 4.78 is 0. The first-order valence-electron chi connectivity index (χ1n) is 14.7. The molecule has 4 aliphatic heterocycles. The van der Waals surface area contributed by atoms with Crippen LogP contribution in [0.3, 0.4) is 0 Å². The van der Waals surface area contributed by atoms with Gasteiger partial charge in [0.1, 0.15) is 5.82 Å². The van der Waals surface area contributed by atoms with Gasteiger partial charge in [-0.05, 0) is 81.1 Å².